The van der Waals surface area contributed by atoms with Gasteiger partial charge in [0.1, 0.15) is 11.9 Å². The first-order chi connectivity index (χ1) is 19.4. The lowest BCUT2D eigenvalue weighted by atomic mass is 9.61. The number of anilines is 3. The molecule has 2 saturated heterocycles. The van der Waals surface area contributed by atoms with Crippen LogP contribution in [0.5, 0.6) is 0 Å². The number of aryl methyl sites for hydroxylation is 1. The highest BCUT2D eigenvalue weighted by Crippen LogP contribution is 2.50. The molecule has 3 aromatic rings. The summed E-state index contributed by atoms with van der Waals surface area (Å²) in [6.07, 6.45) is 8.64. The Labute approximate surface area is 232 Å². The second-order valence-corrected chi connectivity index (χ2v) is 11.9. The van der Waals surface area contributed by atoms with Crippen molar-refractivity contribution < 1.29 is 18.7 Å². The number of carbonyl (C=O) groups is 1. The third-order valence-electron chi connectivity index (χ3n) is 9.42. The number of benzene rings is 1. The first-order valence-corrected chi connectivity index (χ1v) is 14.3. The fourth-order valence-electron chi connectivity index (χ4n) is 6.86. The van der Waals surface area contributed by atoms with Gasteiger partial charge in [-0.2, -0.15) is 0 Å². The van der Waals surface area contributed by atoms with Crippen LogP contribution in [-0.2, 0) is 15.9 Å². The summed E-state index contributed by atoms with van der Waals surface area (Å²) in [6, 6.07) is 4.04. The lowest BCUT2D eigenvalue weighted by molar-refractivity contribution is -0.112. The number of ether oxygens (including phenoxy) is 2. The topological polar surface area (TPSA) is 115 Å². The number of nitrogens with zero attached hydrogens (tertiary/aromatic N) is 3. The van der Waals surface area contributed by atoms with E-state index in [2.05, 4.69) is 25.5 Å². The van der Waals surface area contributed by atoms with E-state index >= 15 is 4.39 Å². The third kappa shape index (κ3) is 4.43. The summed E-state index contributed by atoms with van der Waals surface area (Å²) in [5, 5.41) is 7.32. The van der Waals surface area contributed by atoms with Gasteiger partial charge in [-0.15, -0.1) is 0 Å². The lowest BCUT2D eigenvalue weighted by Gasteiger charge is -2.53. The van der Waals surface area contributed by atoms with E-state index < -0.39 is 11.9 Å². The minimum absolute atomic E-state index is 0.0230. The van der Waals surface area contributed by atoms with Crippen molar-refractivity contribution >= 4 is 34.1 Å². The minimum Gasteiger partial charge on any atom is -0.446 e. The van der Waals surface area contributed by atoms with Gasteiger partial charge in [-0.3, -0.25) is 15.2 Å². The van der Waals surface area contributed by atoms with E-state index in [0.717, 1.165) is 88.3 Å². The molecule has 1 aromatic carbocycles. The van der Waals surface area contributed by atoms with Gasteiger partial charge in [-0.1, -0.05) is 0 Å². The van der Waals surface area contributed by atoms with Crippen molar-refractivity contribution in [1.29, 1.82) is 0 Å². The molecule has 0 radical (unpaired) electrons. The van der Waals surface area contributed by atoms with Gasteiger partial charge in [0.2, 0.25) is 0 Å². The Hall–Kier alpha value is -3.50. The van der Waals surface area contributed by atoms with Gasteiger partial charge in [-0.05, 0) is 87.0 Å². The van der Waals surface area contributed by atoms with Crippen molar-refractivity contribution in [1.82, 2.24) is 14.9 Å². The normalized spacial score (nSPS) is 20.9. The summed E-state index contributed by atoms with van der Waals surface area (Å²) in [5.74, 6) is -0.165. The zero-order valence-corrected chi connectivity index (χ0v) is 22.8. The van der Waals surface area contributed by atoms with Crippen LogP contribution in [0.1, 0.15) is 43.4 Å². The first-order valence-electron chi connectivity index (χ1n) is 14.3. The standard InChI is InChI=1S/C30H35FN6O3/c1-17-22(13-34-24-3-2-6-33-28(17)24)21-9-18-10-25(35-14-23(18)27(32)26(21)31)36-29(38)40-20-11-30(12-20)4-7-37(8-5-30)19-15-39-16-19/h9-10,13-14,19-20,33H,2-8,11-12,15-16,32H2,1H3,(H,35,36,38). The molecule has 9 nitrogen and oxygen atoms in total. The van der Waals surface area contributed by atoms with Crippen LogP contribution in [0.3, 0.4) is 0 Å². The molecule has 1 aliphatic carbocycles. The molecular formula is C30H35FN6O3. The molecule has 0 unspecified atom stereocenters. The second kappa shape index (κ2) is 9.85. The molecule has 210 valence electrons. The van der Waals surface area contributed by atoms with Crippen LogP contribution < -0.4 is 16.4 Å². The van der Waals surface area contributed by atoms with E-state index in [-0.39, 0.29) is 11.8 Å². The smallest absolute Gasteiger partial charge is 0.413 e. The summed E-state index contributed by atoms with van der Waals surface area (Å²) in [7, 11) is 0. The van der Waals surface area contributed by atoms with Gasteiger partial charge >= 0.3 is 6.09 Å². The highest BCUT2D eigenvalue weighted by molar-refractivity contribution is 5.99. The lowest BCUT2D eigenvalue weighted by Crippen LogP contribution is -2.56. The molecule has 4 aliphatic rings. The van der Waals surface area contributed by atoms with E-state index in [4.69, 9.17) is 15.2 Å². The van der Waals surface area contributed by atoms with Crippen LogP contribution in [-0.4, -0.2) is 66.0 Å². The number of fused-ring (bicyclic) bond motifs is 2. The number of amides is 1. The molecule has 7 rings (SSSR count). The fourth-order valence-corrected chi connectivity index (χ4v) is 6.86. The summed E-state index contributed by atoms with van der Waals surface area (Å²) >= 11 is 0. The molecule has 1 saturated carbocycles. The van der Waals surface area contributed by atoms with Crippen LogP contribution in [0.2, 0.25) is 0 Å². The number of nitrogens with two attached hydrogens (primary N) is 1. The van der Waals surface area contributed by atoms with Crippen molar-refractivity contribution in [2.75, 3.05) is 49.2 Å². The number of hydrogen-bond acceptors (Lipinski definition) is 8. The number of hydrogen-bond donors (Lipinski definition) is 3. The van der Waals surface area contributed by atoms with E-state index in [9.17, 15) is 4.79 Å². The van der Waals surface area contributed by atoms with Crippen molar-refractivity contribution in [2.24, 2.45) is 5.41 Å². The Morgan fingerprint density at radius 2 is 2.00 bits per heavy atom. The largest absolute Gasteiger partial charge is 0.446 e. The molecule has 40 heavy (non-hydrogen) atoms. The highest BCUT2D eigenvalue weighted by Gasteiger charge is 2.48. The number of rotatable bonds is 4. The zero-order chi connectivity index (χ0) is 27.4. The van der Waals surface area contributed by atoms with Crippen LogP contribution in [0.25, 0.3) is 21.9 Å². The molecule has 3 aliphatic heterocycles. The zero-order valence-electron chi connectivity index (χ0n) is 22.8. The number of nitrogen functional groups attached to an aromatic ring is 1. The second-order valence-electron chi connectivity index (χ2n) is 11.9. The van der Waals surface area contributed by atoms with Crippen LogP contribution >= 0.6 is 0 Å². The average molecular weight is 547 g/mol. The Morgan fingerprint density at radius 3 is 2.75 bits per heavy atom. The number of pyridine rings is 2. The fraction of sp³-hybridized carbons (Fsp3) is 0.500. The van der Waals surface area contributed by atoms with Crippen molar-refractivity contribution in [2.45, 2.75) is 57.6 Å². The SMILES string of the molecule is Cc1c(-c2cc3cc(NC(=O)OC4CC5(CCN(C6COC6)CC5)C4)ncc3c(N)c2F)cnc2c1NCCC2. The number of halogens is 1. The third-order valence-corrected chi connectivity index (χ3v) is 9.42. The minimum atomic E-state index is -0.521. The van der Waals surface area contributed by atoms with Crippen LogP contribution in [0.4, 0.5) is 26.4 Å². The maximum atomic E-state index is 15.5. The molecule has 1 spiro atoms. The summed E-state index contributed by atoms with van der Waals surface area (Å²) in [5.41, 5.74) is 10.5. The average Bonchev–Trinajstić information content (AvgIpc) is 2.90. The summed E-state index contributed by atoms with van der Waals surface area (Å²) in [4.78, 5) is 24.1. The van der Waals surface area contributed by atoms with Gasteiger partial charge in [0.25, 0.3) is 0 Å². The quantitative estimate of drug-likeness (QED) is 0.397. The molecule has 2 aromatic heterocycles. The van der Waals surface area contributed by atoms with Crippen molar-refractivity contribution in [3.63, 3.8) is 0 Å². The van der Waals surface area contributed by atoms with Crippen molar-refractivity contribution in [3.8, 4) is 11.1 Å². The number of piperidine rings is 1. The Morgan fingerprint density at radius 1 is 1.20 bits per heavy atom. The van der Waals surface area contributed by atoms with Gasteiger partial charge < -0.3 is 20.5 Å². The molecule has 1 amide bonds. The molecule has 3 fully saturated rings. The maximum absolute atomic E-state index is 15.5. The molecule has 0 atom stereocenters. The number of aromatic nitrogens is 2. The maximum Gasteiger partial charge on any atom is 0.413 e. The molecule has 5 heterocycles. The Bertz CT molecular complexity index is 1480. The van der Waals surface area contributed by atoms with Crippen LogP contribution in [0, 0.1) is 18.2 Å². The monoisotopic (exact) mass is 546 g/mol. The predicted molar refractivity (Wildman–Crippen MR) is 152 cm³/mol. The molecule has 4 N–H and O–H groups in total. The van der Waals surface area contributed by atoms with E-state index in [0.29, 0.717) is 39.2 Å². The molecular weight excluding hydrogens is 511 g/mol. The van der Waals surface area contributed by atoms with E-state index in [1.54, 1.807) is 18.3 Å². The van der Waals surface area contributed by atoms with Crippen LogP contribution in [0.15, 0.2) is 24.5 Å². The molecule has 10 heteroatoms. The molecule has 0 bridgehead atoms. The van der Waals surface area contributed by atoms with Gasteiger partial charge in [-0.25, -0.2) is 14.2 Å². The summed E-state index contributed by atoms with van der Waals surface area (Å²) in [6.45, 7) is 6.74. The highest BCUT2D eigenvalue weighted by atomic mass is 19.1. The van der Waals surface area contributed by atoms with Gasteiger partial charge in [0, 0.05) is 35.5 Å². The van der Waals surface area contributed by atoms with Gasteiger partial charge in [0.15, 0.2) is 5.82 Å². The number of likely N-dealkylation sites (tertiary alicyclic amines) is 1. The predicted octanol–water partition coefficient (Wildman–Crippen LogP) is 4.88. The van der Waals surface area contributed by atoms with Crippen molar-refractivity contribution in [3.05, 3.63) is 41.6 Å². The number of carbonyl (C=O) groups excluding carboxylic acids is 1. The number of nitrogens with one attached hydrogen (secondary N) is 2. The van der Waals surface area contributed by atoms with E-state index in [1.165, 1.54) is 6.20 Å². The van der Waals surface area contributed by atoms with Gasteiger partial charge in [0.05, 0.1) is 36.3 Å². The summed E-state index contributed by atoms with van der Waals surface area (Å²) < 4.78 is 26.5. The Kier molecular flexibility index (Phi) is 6.27. The first kappa shape index (κ1) is 25.5. The Balaban J connectivity index is 1.04. The van der Waals surface area contributed by atoms with E-state index in [1.807, 2.05) is 6.92 Å².